The maximum atomic E-state index is 14.8. The largest absolute Gasteiger partial charge is 0.378 e. The second-order valence-corrected chi connectivity index (χ2v) is 6.93. The summed E-state index contributed by atoms with van der Waals surface area (Å²) in [6.07, 6.45) is 2.86. The molecule has 29 heavy (non-hydrogen) atoms. The Labute approximate surface area is 163 Å². The van der Waals surface area contributed by atoms with E-state index in [2.05, 4.69) is 9.97 Å². The normalized spacial score (nSPS) is 14.8. The molecule has 7 nitrogen and oxygen atoms in total. The summed E-state index contributed by atoms with van der Waals surface area (Å²) in [4.78, 5) is 20.9. The fraction of sp³-hybridized carbons (Fsp3) is 0.250. The number of ether oxygens (including phenoxy) is 1. The van der Waals surface area contributed by atoms with Gasteiger partial charge in [-0.2, -0.15) is 4.39 Å². The van der Waals surface area contributed by atoms with Crippen molar-refractivity contribution in [2.45, 2.75) is 0 Å². The van der Waals surface area contributed by atoms with E-state index >= 15 is 0 Å². The predicted molar refractivity (Wildman–Crippen MR) is 104 cm³/mol. The van der Waals surface area contributed by atoms with E-state index in [-0.39, 0.29) is 11.3 Å². The van der Waals surface area contributed by atoms with E-state index in [1.807, 2.05) is 5.01 Å². The lowest BCUT2D eigenvalue weighted by Crippen LogP contribution is -2.48. The molecule has 1 aromatic carbocycles. The van der Waals surface area contributed by atoms with Crippen LogP contribution in [0, 0.1) is 11.8 Å². The highest BCUT2D eigenvalue weighted by Crippen LogP contribution is 2.30. The Morgan fingerprint density at radius 2 is 1.86 bits per heavy atom. The van der Waals surface area contributed by atoms with Crippen LogP contribution >= 0.6 is 0 Å². The van der Waals surface area contributed by atoms with E-state index in [1.54, 1.807) is 24.0 Å². The standard InChI is InChI=1S/C20H17F2N5O2/c1-25-17-11-23-16-9-15(21)13(12-2-3-18(22)24-10-12)8-14(16)19(17)27(20(25)28)26-4-6-29-7-5-26/h2-3,8-11H,4-7H2,1H3. The molecule has 5 rings (SSSR count). The Bertz CT molecular complexity index is 1290. The van der Waals surface area contributed by atoms with Gasteiger partial charge in [-0.3, -0.25) is 9.55 Å². The lowest BCUT2D eigenvalue weighted by molar-refractivity contribution is 0.111. The average molecular weight is 397 g/mol. The van der Waals surface area contributed by atoms with Gasteiger partial charge in [0.15, 0.2) is 0 Å². The first-order chi connectivity index (χ1) is 14.0. The summed E-state index contributed by atoms with van der Waals surface area (Å²) in [6, 6.07) is 5.63. The van der Waals surface area contributed by atoms with Crippen LogP contribution in [-0.2, 0) is 11.8 Å². The van der Waals surface area contributed by atoms with Gasteiger partial charge in [-0.15, -0.1) is 0 Å². The van der Waals surface area contributed by atoms with Crippen molar-refractivity contribution in [3.05, 3.63) is 58.9 Å². The molecule has 4 heterocycles. The van der Waals surface area contributed by atoms with E-state index in [4.69, 9.17) is 4.74 Å². The number of nitrogens with zero attached hydrogens (tertiary/aromatic N) is 5. The molecule has 0 bridgehead atoms. The molecule has 0 spiro atoms. The predicted octanol–water partition coefficient (Wildman–Crippen LogP) is 2.20. The Kier molecular flexibility index (Phi) is 4.06. The van der Waals surface area contributed by atoms with Crippen molar-refractivity contribution in [2.75, 3.05) is 31.3 Å². The third kappa shape index (κ3) is 2.77. The van der Waals surface area contributed by atoms with Crippen molar-refractivity contribution in [3.63, 3.8) is 0 Å². The highest BCUT2D eigenvalue weighted by atomic mass is 19.1. The number of morpholine rings is 1. The summed E-state index contributed by atoms with van der Waals surface area (Å²) in [5, 5.41) is 2.56. The molecule has 0 atom stereocenters. The topological polar surface area (TPSA) is 65.2 Å². The fourth-order valence-electron chi connectivity index (χ4n) is 3.77. The second kappa shape index (κ2) is 6.63. The molecule has 4 aromatic rings. The molecule has 0 unspecified atom stereocenters. The van der Waals surface area contributed by atoms with Gasteiger partial charge >= 0.3 is 5.69 Å². The number of benzene rings is 1. The van der Waals surface area contributed by atoms with Crippen molar-refractivity contribution in [3.8, 4) is 11.1 Å². The van der Waals surface area contributed by atoms with E-state index in [0.29, 0.717) is 53.8 Å². The number of hydrogen-bond acceptors (Lipinski definition) is 5. The summed E-state index contributed by atoms with van der Waals surface area (Å²) >= 11 is 0. The number of aryl methyl sites for hydroxylation is 1. The van der Waals surface area contributed by atoms with Gasteiger partial charge in [0.05, 0.1) is 43.5 Å². The van der Waals surface area contributed by atoms with Gasteiger partial charge in [0, 0.05) is 35.8 Å². The molecule has 0 aliphatic carbocycles. The zero-order valence-corrected chi connectivity index (χ0v) is 15.6. The minimum absolute atomic E-state index is 0.203. The summed E-state index contributed by atoms with van der Waals surface area (Å²) in [6.45, 7) is 2.18. The molecule has 1 aliphatic heterocycles. The van der Waals surface area contributed by atoms with Gasteiger partial charge in [-0.25, -0.2) is 18.8 Å². The van der Waals surface area contributed by atoms with Gasteiger partial charge in [0.25, 0.3) is 0 Å². The SMILES string of the molecule is Cn1c(=O)n(N2CCOCC2)c2c3cc(-c4ccc(F)nc4)c(F)cc3ncc21. The molecule has 148 valence electrons. The van der Waals surface area contributed by atoms with Crippen molar-refractivity contribution in [2.24, 2.45) is 7.05 Å². The Morgan fingerprint density at radius 3 is 2.59 bits per heavy atom. The van der Waals surface area contributed by atoms with Gasteiger partial charge in [-0.1, -0.05) is 0 Å². The zero-order valence-electron chi connectivity index (χ0n) is 15.6. The molecule has 1 aliphatic rings. The van der Waals surface area contributed by atoms with Crippen LogP contribution in [0.15, 0.2) is 41.5 Å². The first-order valence-corrected chi connectivity index (χ1v) is 9.19. The maximum Gasteiger partial charge on any atom is 0.347 e. The summed E-state index contributed by atoms with van der Waals surface area (Å²) < 4.78 is 36.5. The monoisotopic (exact) mass is 397 g/mol. The fourth-order valence-corrected chi connectivity index (χ4v) is 3.77. The van der Waals surface area contributed by atoms with E-state index in [9.17, 15) is 13.6 Å². The van der Waals surface area contributed by atoms with Crippen molar-refractivity contribution in [1.82, 2.24) is 19.2 Å². The molecule has 9 heteroatoms. The van der Waals surface area contributed by atoms with Crippen molar-refractivity contribution in [1.29, 1.82) is 0 Å². The van der Waals surface area contributed by atoms with E-state index in [0.717, 1.165) is 0 Å². The second-order valence-electron chi connectivity index (χ2n) is 6.93. The molecule has 0 saturated carbocycles. The van der Waals surface area contributed by atoms with Gasteiger partial charge < -0.3 is 9.75 Å². The van der Waals surface area contributed by atoms with Gasteiger partial charge in [0.2, 0.25) is 5.95 Å². The van der Waals surface area contributed by atoms with Crippen molar-refractivity contribution >= 4 is 21.9 Å². The first kappa shape index (κ1) is 17.7. The minimum Gasteiger partial charge on any atom is -0.378 e. The molecular weight excluding hydrogens is 380 g/mol. The molecule has 0 amide bonds. The number of fused-ring (bicyclic) bond motifs is 3. The van der Waals surface area contributed by atoms with Crippen LogP contribution in [0.4, 0.5) is 8.78 Å². The molecule has 0 radical (unpaired) electrons. The number of pyridine rings is 2. The minimum atomic E-state index is -0.636. The number of aromatic nitrogens is 4. The molecule has 0 N–H and O–H groups in total. The van der Waals surface area contributed by atoms with Crippen LogP contribution < -0.4 is 10.7 Å². The summed E-state index contributed by atoms with van der Waals surface area (Å²) in [5.74, 6) is -1.13. The van der Waals surface area contributed by atoms with Crippen LogP contribution in [0.25, 0.3) is 33.1 Å². The van der Waals surface area contributed by atoms with Crippen LogP contribution in [0.2, 0.25) is 0 Å². The third-order valence-electron chi connectivity index (χ3n) is 5.26. The average Bonchev–Trinajstić information content (AvgIpc) is 2.99. The van der Waals surface area contributed by atoms with Crippen molar-refractivity contribution < 1.29 is 13.5 Å². The summed E-state index contributed by atoms with van der Waals surface area (Å²) in [5.41, 5.74) is 2.24. The smallest absolute Gasteiger partial charge is 0.347 e. The van der Waals surface area contributed by atoms with Gasteiger partial charge in [0.1, 0.15) is 11.3 Å². The van der Waals surface area contributed by atoms with E-state index < -0.39 is 11.8 Å². The molecular formula is C20H17F2N5O2. The first-order valence-electron chi connectivity index (χ1n) is 9.19. The molecule has 1 fully saturated rings. The van der Waals surface area contributed by atoms with Crippen LogP contribution in [0.5, 0.6) is 0 Å². The van der Waals surface area contributed by atoms with Crippen LogP contribution in [-0.4, -0.2) is 45.5 Å². The Balaban J connectivity index is 1.83. The van der Waals surface area contributed by atoms with E-state index in [1.165, 1.54) is 29.0 Å². The highest BCUT2D eigenvalue weighted by molar-refractivity contribution is 6.04. The lowest BCUT2D eigenvalue weighted by Gasteiger charge is -2.29. The number of rotatable bonds is 2. The third-order valence-corrected chi connectivity index (χ3v) is 5.26. The quantitative estimate of drug-likeness (QED) is 0.485. The highest BCUT2D eigenvalue weighted by Gasteiger charge is 2.22. The Morgan fingerprint density at radius 1 is 1.07 bits per heavy atom. The molecule has 1 saturated heterocycles. The van der Waals surface area contributed by atoms with Crippen LogP contribution in [0.1, 0.15) is 0 Å². The maximum absolute atomic E-state index is 14.8. The number of imidazole rings is 1. The van der Waals surface area contributed by atoms with Crippen LogP contribution in [0.3, 0.4) is 0 Å². The number of hydrogen-bond donors (Lipinski definition) is 0. The number of halogens is 2. The Hall–Kier alpha value is -3.33. The zero-order chi connectivity index (χ0) is 20.1. The summed E-state index contributed by atoms with van der Waals surface area (Å²) in [7, 11) is 1.68. The van der Waals surface area contributed by atoms with Gasteiger partial charge in [-0.05, 0) is 18.2 Å². The lowest BCUT2D eigenvalue weighted by atomic mass is 10.0. The molecule has 3 aromatic heterocycles.